The normalized spacial score (nSPS) is 16.6. The second-order valence-electron chi connectivity index (χ2n) is 8.76. The van der Waals surface area contributed by atoms with E-state index in [-0.39, 0.29) is 16.5 Å². The van der Waals surface area contributed by atoms with Crippen molar-refractivity contribution >= 4 is 61.7 Å². The van der Waals surface area contributed by atoms with E-state index in [1.807, 2.05) is 6.92 Å². The third kappa shape index (κ3) is 4.98. The number of carbonyl (C=O) groups is 3. The SMILES string of the molecule is CCCOc1ccc(C(O)=C2C(=O)C(=O)N(c3nc4ccc(Cl)cc4s3)C2c2ccc(C(=O)OC)cc2)cc1. The zero-order chi connectivity index (χ0) is 27.7. The summed E-state index contributed by atoms with van der Waals surface area (Å²) < 4.78 is 11.1. The molecule has 0 saturated carbocycles. The van der Waals surface area contributed by atoms with Gasteiger partial charge in [0.1, 0.15) is 11.5 Å². The van der Waals surface area contributed by atoms with Crippen LogP contribution in [0.5, 0.6) is 5.75 Å². The Bertz CT molecular complexity index is 1610. The van der Waals surface area contributed by atoms with Crippen LogP contribution >= 0.6 is 22.9 Å². The Balaban J connectivity index is 1.65. The highest BCUT2D eigenvalue weighted by Gasteiger charge is 2.48. The summed E-state index contributed by atoms with van der Waals surface area (Å²) in [5, 5.41) is 12.2. The molecular formula is C29H23ClN2O6S. The van der Waals surface area contributed by atoms with Crippen molar-refractivity contribution in [3.8, 4) is 5.75 Å². The van der Waals surface area contributed by atoms with Crippen LogP contribution in [-0.4, -0.2) is 41.5 Å². The summed E-state index contributed by atoms with van der Waals surface area (Å²) in [7, 11) is 1.28. The van der Waals surface area contributed by atoms with Crippen molar-refractivity contribution in [1.82, 2.24) is 4.98 Å². The Morgan fingerprint density at radius 1 is 1.05 bits per heavy atom. The van der Waals surface area contributed by atoms with E-state index in [9.17, 15) is 19.5 Å². The average Bonchev–Trinajstić information content (AvgIpc) is 3.48. The van der Waals surface area contributed by atoms with E-state index < -0.39 is 23.7 Å². The Labute approximate surface area is 233 Å². The number of ether oxygens (including phenoxy) is 2. The summed E-state index contributed by atoms with van der Waals surface area (Å²) in [6.07, 6.45) is 0.845. The molecule has 4 aromatic rings. The maximum atomic E-state index is 13.5. The van der Waals surface area contributed by atoms with Crippen molar-refractivity contribution in [2.75, 3.05) is 18.6 Å². The highest BCUT2D eigenvalue weighted by atomic mass is 35.5. The van der Waals surface area contributed by atoms with Gasteiger partial charge < -0.3 is 14.6 Å². The third-order valence-corrected chi connectivity index (χ3v) is 7.49. The molecule has 3 aromatic carbocycles. The monoisotopic (exact) mass is 562 g/mol. The van der Waals surface area contributed by atoms with Gasteiger partial charge in [-0.25, -0.2) is 9.78 Å². The summed E-state index contributed by atoms with van der Waals surface area (Å²) in [5.74, 6) is -1.91. The number of aliphatic hydroxyl groups is 1. The van der Waals surface area contributed by atoms with Crippen molar-refractivity contribution in [3.05, 3.63) is 94.0 Å². The highest BCUT2D eigenvalue weighted by Crippen LogP contribution is 2.44. The van der Waals surface area contributed by atoms with Crippen LogP contribution in [0.1, 0.15) is 40.9 Å². The molecule has 0 aliphatic carbocycles. The zero-order valence-electron chi connectivity index (χ0n) is 21.0. The fourth-order valence-corrected chi connectivity index (χ4v) is 5.61. The predicted molar refractivity (Wildman–Crippen MR) is 149 cm³/mol. The Morgan fingerprint density at radius 3 is 2.41 bits per heavy atom. The standard InChI is InChI=1S/C29H23ClN2O6S/c1-3-14-38-20-11-8-17(9-12-20)25(33)23-24(16-4-6-18(7-5-16)28(36)37-2)32(27(35)26(23)34)29-31-21-13-10-19(30)15-22(21)39-29/h4-13,15,24,33H,3,14H2,1-2H3. The zero-order valence-corrected chi connectivity index (χ0v) is 22.6. The Kier molecular flexibility index (Phi) is 7.36. The molecule has 1 atom stereocenters. The number of ketones is 1. The molecule has 10 heteroatoms. The number of halogens is 1. The Morgan fingerprint density at radius 2 is 1.74 bits per heavy atom. The van der Waals surface area contributed by atoms with Gasteiger partial charge in [-0.3, -0.25) is 14.5 Å². The van der Waals surface area contributed by atoms with Gasteiger partial charge in [-0.15, -0.1) is 0 Å². The van der Waals surface area contributed by atoms with Gasteiger partial charge in [0, 0.05) is 10.6 Å². The van der Waals surface area contributed by atoms with Crippen molar-refractivity contribution in [2.24, 2.45) is 0 Å². The van der Waals surface area contributed by atoms with Crippen molar-refractivity contribution in [1.29, 1.82) is 0 Å². The van der Waals surface area contributed by atoms with Crippen LogP contribution in [0.2, 0.25) is 5.02 Å². The van der Waals surface area contributed by atoms with Gasteiger partial charge in [0.2, 0.25) is 0 Å². The molecular weight excluding hydrogens is 540 g/mol. The number of carbonyl (C=O) groups excluding carboxylic acids is 3. The molecule has 39 heavy (non-hydrogen) atoms. The topological polar surface area (TPSA) is 106 Å². The summed E-state index contributed by atoms with van der Waals surface area (Å²) in [4.78, 5) is 44.7. The Hall–Kier alpha value is -4.21. The minimum absolute atomic E-state index is 0.0923. The maximum absolute atomic E-state index is 13.5. The molecule has 1 aromatic heterocycles. The van der Waals surface area contributed by atoms with Gasteiger partial charge in [0.15, 0.2) is 5.13 Å². The molecule has 1 saturated heterocycles. The van der Waals surface area contributed by atoms with Crippen LogP contribution < -0.4 is 9.64 Å². The van der Waals surface area contributed by atoms with Crippen LogP contribution in [-0.2, 0) is 14.3 Å². The molecule has 1 aliphatic rings. The highest BCUT2D eigenvalue weighted by molar-refractivity contribution is 7.22. The quantitative estimate of drug-likeness (QED) is 0.125. The molecule has 0 radical (unpaired) electrons. The number of thiazole rings is 1. The lowest BCUT2D eigenvalue weighted by Crippen LogP contribution is -2.29. The van der Waals surface area contributed by atoms with E-state index in [0.29, 0.717) is 39.6 Å². The number of fused-ring (bicyclic) bond motifs is 1. The van der Waals surface area contributed by atoms with E-state index in [4.69, 9.17) is 21.1 Å². The van der Waals surface area contributed by atoms with Gasteiger partial charge in [-0.05, 0) is 66.6 Å². The van der Waals surface area contributed by atoms with Crippen molar-refractivity contribution in [3.63, 3.8) is 0 Å². The van der Waals surface area contributed by atoms with Crippen LogP contribution in [0, 0.1) is 0 Å². The largest absolute Gasteiger partial charge is 0.507 e. The number of benzene rings is 3. The lowest BCUT2D eigenvalue weighted by molar-refractivity contribution is -0.132. The first-order valence-corrected chi connectivity index (χ1v) is 13.3. The fourth-order valence-electron chi connectivity index (χ4n) is 4.34. The number of hydrogen-bond acceptors (Lipinski definition) is 8. The number of amides is 1. The van der Waals surface area contributed by atoms with Gasteiger partial charge in [0.05, 0.1) is 41.1 Å². The maximum Gasteiger partial charge on any atom is 0.337 e. The van der Waals surface area contributed by atoms with Gasteiger partial charge in [-0.1, -0.05) is 42.0 Å². The van der Waals surface area contributed by atoms with E-state index in [2.05, 4.69) is 4.98 Å². The van der Waals surface area contributed by atoms with Crippen molar-refractivity contribution < 1.29 is 29.0 Å². The number of hydrogen-bond donors (Lipinski definition) is 1. The third-order valence-electron chi connectivity index (χ3n) is 6.24. The first-order chi connectivity index (χ1) is 18.8. The number of esters is 1. The molecule has 1 unspecified atom stereocenters. The number of rotatable bonds is 7. The first-order valence-electron chi connectivity index (χ1n) is 12.1. The summed E-state index contributed by atoms with van der Waals surface area (Å²) in [6.45, 7) is 2.54. The minimum atomic E-state index is -0.997. The smallest absolute Gasteiger partial charge is 0.337 e. The van der Waals surface area contributed by atoms with Gasteiger partial charge in [-0.2, -0.15) is 0 Å². The van der Waals surface area contributed by atoms with Gasteiger partial charge in [0.25, 0.3) is 5.78 Å². The van der Waals surface area contributed by atoms with Crippen molar-refractivity contribution in [2.45, 2.75) is 19.4 Å². The minimum Gasteiger partial charge on any atom is -0.507 e. The molecule has 1 amide bonds. The number of Topliss-reactive ketones (excluding diaryl/α,β-unsaturated/α-hetero) is 1. The molecule has 1 N–H and O–H groups in total. The number of aliphatic hydroxyl groups excluding tert-OH is 1. The second kappa shape index (κ2) is 10.9. The van der Waals surface area contributed by atoms with E-state index in [1.165, 1.54) is 23.3 Å². The lowest BCUT2D eigenvalue weighted by Gasteiger charge is -2.23. The van der Waals surface area contributed by atoms with E-state index in [0.717, 1.165) is 11.1 Å². The van der Waals surface area contributed by atoms with E-state index in [1.54, 1.807) is 66.7 Å². The first kappa shape index (κ1) is 26.4. The van der Waals surface area contributed by atoms with Crippen LogP contribution in [0.15, 0.2) is 72.3 Å². The molecule has 198 valence electrons. The fraction of sp³-hybridized carbons (Fsp3) is 0.172. The molecule has 0 bridgehead atoms. The lowest BCUT2D eigenvalue weighted by atomic mass is 9.94. The molecule has 8 nitrogen and oxygen atoms in total. The van der Waals surface area contributed by atoms with Crippen LogP contribution in [0.4, 0.5) is 5.13 Å². The molecule has 5 rings (SSSR count). The van der Waals surface area contributed by atoms with E-state index >= 15 is 0 Å². The number of anilines is 1. The predicted octanol–water partition coefficient (Wildman–Crippen LogP) is 6.15. The molecule has 1 aliphatic heterocycles. The summed E-state index contributed by atoms with van der Waals surface area (Å²) >= 11 is 7.35. The molecule has 1 fully saturated rings. The number of methoxy groups -OCH3 is 1. The van der Waals surface area contributed by atoms with Gasteiger partial charge >= 0.3 is 11.9 Å². The van der Waals surface area contributed by atoms with Crippen LogP contribution in [0.3, 0.4) is 0 Å². The summed E-state index contributed by atoms with van der Waals surface area (Å²) in [6, 6.07) is 17.1. The average molecular weight is 563 g/mol. The summed E-state index contributed by atoms with van der Waals surface area (Å²) in [5.41, 5.74) is 1.68. The number of nitrogens with zero attached hydrogens (tertiary/aromatic N) is 2. The molecule has 0 spiro atoms. The van der Waals surface area contributed by atoms with Crippen LogP contribution in [0.25, 0.3) is 16.0 Å². The second-order valence-corrected chi connectivity index (χ2v) is 10.2. The number of aromatic nitrogens is 1. The molecule has 2 heterocycles.